The Bertz CT molecular complexity index is 240. The highest BCUT2D eigenvalue weighted by atomic mass is 16.1. The van der Waals surface area contributed by atoms with Crippen LogP contribution >= 0.6 is 0 Å². The van der Waals surface area contributed by atoms with Crippen molar-refractivity contribution < 1.29 is 4.79 Å². The van der Waals surface area contributed by atoms with Gasteiger partial charge in [-0.1, -0.05) is 31.4 Å². The van der Waals surface area contributed by atoms with Gasteiger partial charge >= 0.3 is 0 Å². The lowest BCUT2D eigenvalue weighted by Crippen LogP contribution is -2.26. The molecule has 1 atom stereocenters. The van der Waals surface area contributed by atoms with Gasteiger partial charge in [0.2, 0.25) is 5.91 Å². The molecule has 1 amide bonds. The Labute approximate surface area is 72.7 Å². The van der Waals surface area contributed by atoms with E-state index in [4.69, 9.17) is 0 Å². The van der Waals surface area contributed by atoms with Crippen molar-refractivity contribution in [1.29, 1.82) is 0 Å². The third-order valence-electron chi connectivity index (χ3n) is 1.94. The molecule has 1 N–H and O–H groups in total. The van der Waals surface area contributed by atoms with Crippen molar-refractivity contribution in [3.05, 3.63) is 37.0 Å². The molecule has 1 unspecified atom stereocenters. The predicted molar refractivity (Wildman–Crippen MR) is 49.6 cm³/mol. The summed E-state index contributed by atoms with van der Waals surface area (Å²) in [4.78, 5) is 10.9. The Morgan fingerprint density at radius 1 is 1.58 bits per heavy atom. The van der Waals surface area contributed by atoms with Crippen molar-refractivity contribution in [2.75, 3.05) is 0 Å². The number of nitrogens with one attached hydrogen (secondary N) is 1. The van der Waals surface area contributed by atoms with Crippen LogP contribution in [-0.2, 0) is 4.79 Å². The average molecular weight is 163 g/mol. The normalized spacial score (nSPS) is 23.5. The fourth-order valence-corrected chi connectivity index (χ4v) is 1.33. The topological polar surface area (TPSA) is 29.1 Å². The van der Waals surface area contributed by atoms with Gasteiger partial charge in [0.15, 0.2) is 0 Å². The highest BCUT2D eigenvalue weighted by Gasteiger charge is 2.21. The van der Waals surface area contributed by atoms with Crippen LogP contribution < -0.4 is 5.32 Å². The Morgan fingerprint density at radius 2 is 2.33 bits per heavy atom. The van der Waals surface area contributed by atoms with Crippen LogP contribution in [0, 0.1) is 0 Å². The first kappa shape index (κ1) is 8.78. The summed E-state index contributed by atoms with van der Waals surface area (Å²) in [7, 11) is 0. The number of carbonyl (C=O) groups excluding carboxylic acids is 1. The Hall–Kier alpha value is -1.31. The molecule has 0 radical (unpaired) electrons. The lowest BCUT2D eigenvalue weighted by Gasteiger charge is -2.09. The molecule has 1 fully saturated rings. The van der Waals surface area contributed by atoms with Crippen molar-refractivity contribution in [3.63, 3.8) is 0 Å². The number of amides is 1. The predicted octanol–water partition coefficient (Wildman–Crippen LogP) is 1.56. The smallest absolute Gasteiger partial charge is 0.220 e. The quantitative estimate of drug-likeness (QED) is 0.628. The monoisotopic (exact) mass is 163 g/mol. The lowest BCUT2D eigenvalue weighted by atomic mass is 10.1. The second kappa shape index (κ2) is 3.90. The average Bonchev–Trinajstić information content (AvgIpc) is 2.47. The summed E-state index contributed by atoms with van der Waals surface area (Å²) in [6, 6.07) is 0.146. The number of allylic oxidation sites excluding steroid dienone is 2. The van der Waals surface area contributed by atoms with Crippen LogP contribution in [0.2, 0.25) is 0 Å². The minimum absolute atomic E-state index is 0.122. The molecule has 0 bridgehead atoms. The van der Waals surface area contributed by atoms with Gasteiger partial charge in [0.25, 0.3) is 0 Å². The summed E-state index contributed by atoms with van der Waals surface area (Å²) < 4.78 is 0. The van der Waals surface area contributed by atoms with Crippen molar-refractivity contribution in [2.24, 2.45) is 0 Å². The molecule has 2 heteroatoms. The van der Waals surface area contributed by atoms with E-state index < -0.39 is 0 Å². The van der Waals surface area contributed by atoms with Crippen LogP contribution in [0.25, 0.3) is 0 Å². The number of carbonyl (C=O) groups is 1. The van der Waals surface area contributed by atoms with E-state index in [1.165, 1.54) is 0 Å². The summed E-state index contributed by atoms with van der Waals surface area (Å²) in [6.07, 6.45) is 6.83. The van der Waals surface area contributed by atoms with Gasteiger partial charge in [-0.3, -0.25) is 4.79 Å². The number of hydrogen-bond acceptors (Lipinski definition) is 1. The second-order valence-electron chi connectivity index (χ2n) is 2.77. The zero-order valence-electron chi connectivity index (χ0n) is 7.05. The summed E-state index contributed by atoms with van der Waals surface area (Å²) in [5.41, 5.74) is 1.04. The van der Waals surface area contributed by atoms with E-state index >= 15 is 0 Å². The molecule has 0 spiro atoms. The molecule has 0 aliphatic carbocycles. The van der Waals surface area contributed by atoms with E-state index in [9.17, 15) is 4.79 Å². The van der Waals surface area contributed by atoms with Crippen molar-refractivity contribution >= 4 is 5.91 Å². The number of rotatable bonds is 3. The maximum Gasteiger partial charge on any atom is 0.220 e. The van der Waals surface area contributed by atoms with Crippen molar-refractivity contribution in [1.82, 2.24) is 5.32 Å². The van der Waals surface area contributed by atoms with Crippen LogP contribution in [0.4, 0.5) is 0 Å². The summed E-state index contributed by atoms with van der Waals surface area (Å²) >= 11 is 0. The second-order valence-corrected chi connectivity index (χ2v) is 2.77. The number of hydrogen-bond donors (Lipinski definition) is 1. The van der Waals surface area contributed by atoms with Crippen molar-refractivity contribution in [3.8, 4) is 0 Å². The third kappa shape index (κ3) is 1.84. The van der Waals surface area contributed by atoms with E-state index in [1.54, 1.807) is 12.2 Å². The van der Waals surface area contributed by atoms with Crippen LogP contribution in [0.1, 0.15) is 12.8 Å². The molecule has 1 aliphatic heterocycles. The molecule has 0 aromatic heterocycles. The minimum Gasteiger partial charge on any atom is -0.349 e. The molecule has 1 heterocycles. The first-order chi connectivity index (χ1) is 5.77. The van der Waals surface area contributed by atoms with Crippen LogP contribution in [0.5, 0.6) is 0 Å². The molecule has 64 valence electrons. The molecular weight excluding hydrogens is 150 g/mol. The summed E-state index contributed by atoms with van der Waals surface area (Å²) in [5.74, 6) is 0.122. The Kier molecular flexibility index (Phi) is 2.86. The van der Waals surface area contributed by atoms with Gasteiger partial charge in [0, 0.05) is 6.42 Å². The maximum absolute atomic E-state index is 10.9. The fraction of sp³-hybridized carbons (Fsp3) is 0.300. The Balaban J connectivity index is 2.67. The molecule has 1 rings (SSSR count). The van der Waals surface area contributed by atoms with Gasteiger partial charge in [0.05, 0.1) is 6.04 Å². The molecule has 1 saturated heterocycles. The van der Waals surface area contributed by atoms with Crippen molar-refractivity contribution in [2.45, 2.75) is 18.9 Å². The molecule has 0 aromatic carbocycles. The first-order valence-corrected chi connectivity index (χ1v) is 4.02. The van der Waals surface area contributed by atoms with E-state index in [0.29, 0.717) is 6.42 Å². The van der Waals surface area contributed by atoms with Crippen LogP contribution in [0.3, 0.4) is 0 Å². The highest BCUT2D eigenvalue weighted by Crippen LogP contribution is 2.15. The molecule has 0 aromatic rings. The van der Waals surface area contributed by atoms with Gasteiger partial charge in [-0.05, 0) is 12.0 Å². The van der Waals surface area contributed by atoms with Gasteiger partial charge in [0.1, 0.15) is 0 Å². The maximum atomic E-state index is 10.9. The molecular formula is C10H13NO. The van der Waals surface area contributed by atoms with Gasteiger partial charge in [-0.15, -0.1) is 0 Å². The van der Waals surface area contributed by atoms with Gasteiger partial charge in [-0.2, -0.15) is 0 Å². The first-order valence-electron chi connectivity index (χ1n) is 4.02. The van der Waals surface area contributed by atoms with E-state index in [0.717, 1.165) is 12.0 Å². The third-order valence-corrected chi connectivity index (χ3v) is 1.94. The van der Waals surface area contributed by atoms with Crippen LogP contribution in [0.15, 0.2) is 37.0 Å². The fourth-order valence-electron chi connectivity index (χ4n) is 1.33. The zero-order valence-corrected chi connectivity index (χ0v) is 7.05. The summed E-state index contributed by atoms with van der Waals surface area (Å²) in [6.45, 7) is 7.28. The van der Waals surface area contributed by atoms with Gasteiger partial charge < -0.3 is 5.32 Å². The minimum atomic E-state index is 0.122. The highest BCUT2D eigenvalue weighted by molar-refractivity contribution is 5.79. The van der Waals surface area contributed by atoms with Crippen LogP contribution in [-0.4, -0.2) is 11.9 Å². The SMILES string of the molecule is C=C/C=C(\C=C)C1CCC(=O)N1. The zero-order chi connectivity index (χ0) is 8.97. The van der Waals surface area contributed by atoms with E-state index in [-0.39, 0.29) is 11.9 Å². The summed E-state index contributed by atoms with van der Waals surface area (Å²) in [5, 5.41) is 2.86. The van der Waals surface area contributed by atoms with E-state index in [1.807, 2.05) is 6.08 Å². The standard InChI is InChI=1S/C10H13NO/c1-3-5-8(4-2)9-6-7-10(12)11-9/h3-5,9H,1-2,6-7H2,(H,11,12)/b8-5+. The molecule has 1 aliphatic rings. The largest absolute Gasteiger partial charge is 0.349 e. The lowest BCUT2D eigenvalue weighted by molar-refractivity contribution is -0.119. The molecule has 0 saturated carbocycles. The van der Waals surface area contributed by atoms with E-state index in [2.05, 4.69) is 18.5 Å². The molecule has 2 nitrogen and oxygen atoms in total. The Morgan fingerprint density at radius 3 is 2.75 bits per heavy atom. The van der Waals surface area contributed by atoms with Gasteiger partial charge in [-0.25, -0.2) is 0 Å². The molecule has 12 heavy (non-hydrogen) atoms.